The second-order valence-electron chi connectivity index (χ2n) is 9.71. The number of benzene rings is 1. The smallest absolute Gasteiger partial charge is 0.204 e. The molecule has 36 heavy (non-hydrogen) atoms. The summed E-state index contributed by atoms with van der Waals surface area (Å²) in [5, 5.41) is 24.1. The minimum atomic E-state index is -0.187. The number of nitrogens with zero attached hydrogens (tertiary/aromatic N) is 8. The number of hydrogen-bond acceptors (Lipinski definition) is 10. The lowest BCUT2D eigenvalue weighted by Crippen LogP contribution is -2.14. The molecule has 1 aromatic carbocycles. The Morgan fingerprint density at radius 2 is 1.50 bits per heavy atom. The van der Waals surface area contributed by atoms with E-state index in [1.165, 1.54) is 0 Å². The third-order valence-corrected chi connectivity index (χ3v) is 5.06. The highest BCUT2D eigenvalue weighted by Crippen LogP contribution is 2.41. The summed E-state index contributed by atoms with van der Waals surface area (Å²) in [6.07, 6.45) is 5.74. The van der Waals surface area contributed by atoms with Gasteiger partial charge in [0.2, 0.25) is 5.75 Å². The molecule has 190 valence electrons. The van der Waals surface area contributed by atoms with Crippen LogP contribution in [-0.2, 0) is 27.3 Å². The fourth-order valence-corrected chi connectivity index (χ4v) is 3.46. The summed E-state index contributed by atoms with van der Waals surface area (Å²) in [7, 11) is 3.55. The fraction of sp³-hybridized carbons (Fsp3) is 0.458. The summed E-state index contributed by atoms with van der Waals surface area (Å²) in [6.45, 7) is 7.00. The lowest BCUT2D eigenvalue weighted by molar-refractivity contribution is 0.0938. The van der Waals surface area contributed by atoms with Crippen molar-refractivity contribution in [1.29, 1.82) is 0 Å². The van der Waals surface area contributed by atoms with Crippen LogP contribution in [-0.4, -0.2) is 48.9 Å². The number of aryl methyl sites for hydroxylation is 2. The van der Waals surface area contributed by atoms with Crippen LogP contribution < -0.4 is 14.2 Å². The summed E-state index contributed by atoms with van der Waals surface area (Å²) < 4.78 is 21.5. The normalized spacial score (nSPS) is 13.1. The third kappa shape index (κ3) is 6.74. The predicted molar refractivity (Wildman–Crippen MR) is 129 cm³/mol. The van der Waals surface area contributed by atoms with Gasteiger partial charge >= 0.3 is 0 Å². The molecule has 0 bridgehead atoms. The summed E-state index contributed by atoms with van der Waals surface area (Å²) in [4.78, 5) is 13.2. The maximum absolute atomic E-state index is 13.2. The molecule has 12 nitrogen and oxygen atoms in total. The van der Waals surface area contributed by atoms with Crippen LogP contribution in [0.15, 0.2) is 46.5 Å². The molecule has 0 atom stereocenters. The molecule has 0 saturated carbocycles. The number of ether oxygens (including phenoxy) is 3. The number of Topliss-reactive ketones (excluding diaryl/α,β-unsaturated/α-hetero) is 1. The van der Waals surface area contributed by atoms with E-state index >= 15 is 0 Å². The molecule has 1 aliphatic heterocycles. The first kappa shape index (κ1) is 25.0. The summed E-state index contributed by atoms with van der Waals surface area (Å²) in [5.41, 5.74) is 2.23. The number of aromatic nitrogens is 6. The van der Waals surface area contributed by atoms with Gasteiger partial charge in [-0.2, -0.15) is 10.2 Å². The van der Waals surface area contributed by atoms with Crippen LogP contribution in [0.1, 0.15) is 48.9 Å². The predicted octanol–water partition coefficient (Wildman–Crippen LogP) is 3.45. The molecule has 0 fully saturated rings. The molecular weight excluding hydrogens is 464 g/mol. The van der Waals surface area contributed by atoms with E-state index in [2.05, 4.69) is 30.9 Å². The first-order chi connectivity index (χ1) is 17.2. The molecule has 12 heteroatoms. The molecule has 3 heterocycles. The van der Waals surface area contributed by atoms with Crippen molar-refractivity contribution in [2.75, 3.05) is 13.2 Å². The highest BCUT2D eigenvalue weighted by atomic mass is 16.5. The van der Waals surface area contributed by atoms with Crippen LogP contribution in [0.2, 0.25) is 0 Å². The monoisotopic (exact) mass is 494 g/mol. The van der Waals surface area contributed by atoms with Crippen LogP contribution in [0.3, 0.4) is 0 Å². The minimum absolute atomic E-state index is 0.0324. The number of azo groups is 1. The Labute approximate surface area is 208 Å². The molecule has 4 rings (SSSR count). The zero-order chi connectivity index (χ0) is 25.7. The number of carbonyl (C=O) groups excluding carboxylic acids is 1. The number of ketones is 1. The van der Waals surface area contributed by atoms with Gasteiger partial charge in [-0.1, -0.05) is 31.2 Å². The van der Waals surface area contributed by atoms with Crippen molar-refractivity contribution in [3.63, 3.8) is 0 Å². The Hall–Kier alpha value is -4.09. The van der Waals surface area contributed by atoms with Crippen LogP contribution in [0.25, 0.3) is 0 Å². The van der Waals surface area contributed by atoms with Crippen LogP contribution in [0.5, 0.6) is 17.2 Å². The SMILES string of the molecule is Cn1cc(COc2cc(C(=O)CC(C)(C)C)cc(OCc3cn(C)nn3)c2OCC2=CCN=N2)nn1. The molecule has 0 saturated heterocycles. The van der Waals surface area contributed by atoms with E-state index < -0.39 is 0 Å². The molecule has 0 amide bonds. The van der Waals surface area contributed by atoms with E-state index in [1.807, 2.05) is 26.8 Å². The van der Waals surface area contributed by atoms with Crippen molar-refractivity contribution in [2.24, 2.45) is 29.7 Å². The quantitative estimate of drug-likeness (QED) is 0.370. The second kappa shape index (κ2) is 10.7. The van der Waals surface area contributed by atoms with Gasteiger partial charge in [0.15, 0.2) is 17.3 Å². The third-order valence-electron chi connectivity index (χ3n) is 5.06. The highest BCUT2D eigenvalue weighted by Gasteiger charge is 2.23. The summed E-state index contributed by atoms with van der Waals surface area (Å²) in [6, 6.07) is 3.36. The Morgan fingerprint density at radius 3 is 1.94 bits per heavy atom. The van der Waals surface area contributed by atoms with E-state index in [0.29, 0.717) is 52.9 Å². The molecule has 0 N–H and O–H groups in total. The van der Waals surface area contributed by atoms with E-state index in [1.54, 1.807) is 48.0 Å². The Bertz CT molecular complexity index is 1220. The van der Waals surface area contributed by atoms with E-state index in [0.717, 1.165) is 0 Å². The van der Waals surface area contributed by atoms with Gasteiger partial charge in [0.1, 0.15) is 31.2 Å². The van der Waals surface area contributed by atoms with Crippen molar-refractivity contribution in [1.82, 2.24) is 30.0 Å². The van der Waals surface area contributed by atoms with Gasteiger partial charge in [-0.25, -0.2) is 0 Å². The lowest BCUT2D eigenvalue weighted by atomic mass is 9.88. The fourth-order valence-electron chi connectivity index (χ4n) is 3.46. The van der Waals surface area contributed by atoms with E-state index in [4.69, 9.17) is 14.2 Å². The Kier molecular flexibility index (Phi) is 7.41. The average Bonchev–Trinajstić information content (AvgIpc) is 3.56. The molecule has 3 aromatic rings. The molecule has 1 aliphatic rings. The standard InChI is InChI=1S/C24H30N8O4/c1-24(2,3)10-20(33)16-8-21(34-14-18-11-31(4)29-27-18)23(36-13-17-6-7-25-26-17)22(9-16)35-15-19-12-32(5)30-28-19/h6,8-9,11-12H,7,10,13-15H2,1-5H3. The van der Waals surface area contributed by atoms with Gasteiger partial charge in [0, 0.05) is 26.1 Å². The minimum Gasteiger partial charge on any atom is -0.483 e. The van der Waals surface area contributed by atoms with Crippen molar-refractivity contribution in [3.05, 3.63) is 53.3 Å². The van der Waals surface area contributed by atoms with Gasteiger partial charge < -0.3 is 14.2 Å². The first-order valence-corrected chi connectivity index (χ1v) is 11.5. The molecule has 0 unspecified atom stereocenters. The highest BCUT2D eigenvalue weighted by molar-refractivity contribution is 5.97. The molecule has 0 radical (unpaired) electrons. The van der Waals surface area contributed by atoms with Gasteiger partial charge in [-0.05, 0) is 23.6 Å². The molecular formula is C24H30N8O4. The van der Waals surface area contributed by atoms with Crippen LogP contribution in [0, 0.1) is 5.41 Å². The zero-order valence-corrected chi connectivity index (χ0v) is 21.1. The van der Waals surface area contributed by atoms with Crippen molar-refractivity contribution >= 4 is 5.78 Å². The van der Waals surface area contributed by atoms with Crippen molar-refractivity contribution in [2.45, 2.75) is 40.4 Å². The number of hydrogen-bond donors (Lipinski definition) is 0. The largest absolute Gasteiger partial charge is 0.483 e. The zero-order valence-electron chi connectivity index (χ0n) is 21.1. The van der Waals surface area contributed by atoms with Gasteiger partial charge in [-0.3, -0.25) is 14.2 Å². The Balaban J connectivity index is 1.68. The average molecular weight is 495 g/mol. The van der Waals surface area contributed by atoms with Gasteiger partial charge in [0.25, 0.3) is 0 Å². The molecule has 0 spiro atoms. The van der Waals surface area contributed by atoms with Crippen molar-refractivity contribution < 1.29 is 19.0 Å². The first-order valence-electron chi connectivity index (χ1n) is 11.5. The van der Waals surface area contributed by atoms with E-state index in [9.17, 15) is 4.79 Å². The topological polar surface area (TPSA) is 131 Å². The molecule has 2 aromatic heterocycles. The summed E-state index contributed by atoms with van der Waals surface area (Å²) >= 11 is 0. The second-order valence-corrected chi connectivity index (χ2v) is 9.71. The van der Waals surface area contributed by atoms with Gasteiger partial charge in [0.05, 0.1) is 24.6 Å². The van der Waals surface area contributed by atoms with Gasteiger partial charge in [-0.15, -0.1) is 10.2 Å². The summed E-state index contributed by atoms with van der Waals surface area (Å²) in [5.74, 6) is 1.02. The lowest BCUT2D eigenvalue weighted by Gasteiger charge is -2.20. The van der Waals surface area contributed by atoms with Crippen LogP contribution >= 0.6 is 0 Å². The van der Waals surface area contributed by atoms with Crippen LogP contribution in [0.4, 0.5) is 0 Å². The maximum Gasteiger partial charge on any atom is 0.204 e. The molecule has 0 aliphatic carbocycles. The maximum atomic E-state index is 13.2. The number of carbonyl (C=O) groups is 1. The van der Waals surface area contributed by atoms with Crippen molar-refractivity contribution in [3.8, 4) is 17.2 Å². The Morgan fingerprint density at radius 1 is 0.917 bits per heavy atom. The number of rotatable bonds is 11. The van der Waals surface area contributed by atoms with E-state index in [-0.39, 0.29) is 31.0 Å².